The summed E-state index contributed by atoms with van der Waals surface area (Å²) in [5.41, 5.74) is 1.20. The smallest absolute Gasteiger partial charge is 0.159 e. The molecule has 1 aliphatic rings. The van der Waals surface area contributed by atoms with Crippen molar-refractivity contribution in [3.63, 3.8) is 0 Å². The summed E-state index contributed by atoms with van der Waals surface area (Å²) in [7, 11) is 0. The van der Waals surface area contributed by atoms with Crippen molar-refractivity contribution in [2.75, 3.05) is 0 Å². The molecule has 12 heavy (non-hydrogen) atoms. The minimum absolute atomic E-state index is 0.125. The molecule has 0 atom stereocenters. The summed E-state index contributed by atoms with van der Waals surface area (Å²) in [5.74, 6) is 0.369. The predicted octanol–water partition coefficient (Wildman–Crippen LogP) is 3.10. The largest absolute Gasteiger partial charge is 0.295 e. The number of hydrogen-bond donors (Lipinski definition) is 0. The second-order valence-corrected chi connectivity index (χ2v) is 4.36. The van der Waals surface area contributed by atoms with E-state index in [4.69, 9.17) is 0 Å². The zero-order valence-electron chi connectivity index (χ0n) is 8.31. The predicted molar refractivity (Wildman–Crippen MR) is 51.0 cm³/mol. The first-order valence-corrected chi connectivity index (χ1v) is 4.80. The number of carbonyl (C=O) groups is 1. The van der Waals surface area contributed by atoms with E-state index in [1.807, 2.05) is 0 Å². The van der Waals surface area contributed by atoms with Gasteiger partial charge in [-0.15, -0.1) is 0 Å². The van der Waals surface area contributed by atoms with Gasteiger partial charge < -0.3 is 0 Å². The molecular formula is C11H18O. The summed E-state index contributed by atoms with van der Waals surface area (Å²) in [6.45, 7) is 6.42. The van der Waals surface area contributed by atoms with Crippen LogP contribution < -0.4 is 0 Å². The topological polar surface area (TPSA) is 17.1 Å². The van der Waals surface area contributed by atoms with Crippen LogP contribution in [0.15, 0.2) is 11.6 Å². The Balaban J connectivity index is 2.58. The molecule has 0 radical (unpaired) electrons. The van der Waals surface area contributed by atoms with Crippen LogP contribution in [0.3, 0.4) is 0 Å². The van der Waals surface area contributed by atoms with Crippen LogP contribution in [0, 0.1) is 5.41 Å². The van der Waals surface area contributed by atoms with Gasteiger partial charge in [-0.05, 0) is 23.8 Å². The Kier molecular flexibility index (Phi) is 2.71. The molecule has 1 rings (SSSR count). The Labute approximate surface area is 74.9 Å². The third-order valence-electron chi connectivity index (χ3n) is 2.34. The standard InChI is InChI=1S/C11H18O/c1-4-5-6-9-7-11(2,3)8-10(9)12/h7H,4-6,8H2,1-3H3. The second-order valence-electron chi connectivity index (χ2n) is 4.36. The monoisotopic (exact) mass is 166 g/mol. The molecule has 0 aromatic heterocycles. The van der Waals surface area contributed by atoms with Crippen molar-refractivity contribution in [2.45, 2.75) is 46.5 Å². The van der Waals surface area contributed by atoms with Gasteiger partial charge in [0, 0.05) is 6.42 Å². The Morgan fingerprint density at radius 1 is 1.50 bits per heavy atom. The van der Waals surface area contributed by atoms with Gasteiger partial charge in [-0.2, -0.15) is 0 Å². The number of allylic oxidation sites excluding steroid dienone is 2. The normalized spacial score (nSPS) is 21.2. The van der Waals surface area contributed by atoms with Crippen molar-refractivity contribution in [2.24, 2.45) is 5.41 Å². The molecule has 0 aromatic carbocycles. The van der Waals surface area contributed by atoms with Gasteiger partial charge in [-0.3, -0.25) is 4.79 Å². The van der Waals surface area contributed by atoms with Gasteiger partial charge in [-0.1, -0.05) is 33.3 Å². The molecule has 1 aliphatic carbocycles. The first-order chi connectivity index (χ1) is 5.55. The van der Waals surface area contributed by atoms with E-state index < -0.39 is 0 Å². The van der Waals surface area contributed by atoms with Crippen molar-refractivity contribution in [3.8, 4) is 0 Å². The molecule has 0 aromatic rings. The molecule has 0 bridgehead atoms. The van der Waals surface area contributed by atoms with Gasteiger partial charge in [0.05, 0.1) is 0 Å². The minimum atomic E-state index is 0.125. The zero-order valence-corrected chi connectivity index (χ0v) is 8.31. The van der Waals surface area contributed by atoms with Gasteiger partial charge in [0.2, 0.25) is 0 Å². The Hall–Kier alpha value is -0.590. The molecule has 0 unspecified atom stereocenters. The van der Waals surface area contributed by atoms with Gasteiger partial charge in [0.1, 0.15) is 0 Å². The van der Waals surface area contributed by atoms with Crippen LogP contribution in [0.5, 0.6) is 0 Å². The molecule has 0 heterocycles. The van der Waals surface area contributed by atoms with Crippen molar-refractivity contribution < 1.29 is 4.79 Å². The summed E-state index contributed by atoms with van der Waals surface area (Å²) in [6.07, 6.45) is 6.18. The van der Waals surface area contributed by atoms with E-state index in [1.165, 1.54) is 6.42 Å². The fourth-order valence-electron chi connectivity index (χ4n) is 1.71. The highest BCUT2D eigenvalue weighted by atomic mass is 16.1. The molecule has 1 heteroatoms. The molecule has 0 aliphatic heterocycles. The Morgan fingerprint density at radius 3 is 2.58 bits per heavy atom. The molecule has 68 valence electrons. The van der Waals surface area contributed by atoms with E-state index >= 15 is 0 Å². The van der Waals surface area contributed by atoms with E-state index in [9.17, 15) is 4.79 Å². The maximum atomic E-state index is 11.4. The first kappa shape index (κ1) is 9.50. The molecule has 0 spiro atoms. The number of rotatable bonds is 3. The fourth-order valence-corrected chi connectivity index (χ4v) is 1.71. The summed E-state index contributed by atoms with van der Waals surface area (Å²) in [5, 5.41) is 0. The summed E-state index contributed by atoms with van der Waals surface area (Å²) in [4.78, 5) is 11.4. The van der Waals surface area contributed by atoms with Crippen molar-refractivity contribution in [3.05, 3.63) is 11.6 Å². The van der Waals surface area contributed by atoms with E-state index in [1.54, 1.807) is 0 Å². The van der Waals surface area contributed by atoms with E-state index in [0.717, 1.165) is 18.4 Å². The zero-order chi connectivity index (χ0) is 9.19. The summed E-state index contributed by atoms with van der Waals surface area (Å²) in [6, 6.07) is 0. The molecule has 0 amide bonds. The van der Waals surface area contributed by atoms with Crippen molar-refractivity contribution in [1.29, 1.82) is 0 Å². The highest BCUT2D eigenvalue weighted by Crippen LogP contribution is 2.34. The lowest BCUT2D eigenvalue weighted by atomic mass is 9.93. The van der Waals surface area contributed by atoms with Crippen LogP contribution in [-0.2, 0) is 4.79 Å². The average molecular weight is 166 g/mol. The second kappa shape index (κ2) is 3.42. The van der Waals surface area contributed by atoms with Gasteiger partial charge in [0.15, 0.2) is 5.78 Å². The highest BCUT2D eigenvalue weighted by Gasteiger charge is 2.28. The van der Waals surface area contributed by atoms with Crippen LogP contribution in [-0.4, -0.2) is 5.78 Å². The lowest BCUT2D eigenvalue weighted by Crippen LogP contribution is -2.05. The van der Waals surface area contributed by atoms with Crippen molar-refractivity contribution >= 4 is 5.78 Å². The lowest BCUT2D eigenvalue weighted by molar-refractivity contribution is -0.116. The van der Waals surface area contributed by atoms with E-state index in [2.05, 4.69) is 26.8 Å². The third kappa shape index (κ3) is 2.20. The molecule has 0 fully saturated rings. The lowest BCUT2D eigenvalue weighted by Gasteiger charge is -2.10. The minimum Gasteiger partial charge on any atom is -0.295 e. The number of hydrogen-bond acceptors (Lipinski definition) is 1. The van der Waals surface area contributed by atoms with Crippen molar-refractivity contribution in [1.82, 2.24) is 0 Å². The highest BCUT2D eigenvalue weighted by molar-refractivity contribution is 5.98. The molecule has 1 nitrogen and oxygen atoms in total. The maximum absolute atomic E-state index is 11.4. The molecular weight excluding hydrogens is 148 g/mol. The van der Waals surface area contributed by atoms with Crippen LogP contribution in [0.1, 0.15) is 46.5 Å². The van der Waals surface area contributed by atoms with E-state index in [0.29, 0.717) is 12.2 Å². The van der Waals surface area contributed by atoms with Crippen LogP contribution >= 0.6 is 0 Å². The van der Waals surface area contributed by atoms with Gasteiger partial charge in [0.25, 0.3) is 0 Å². The number of unbranched alkanes of at least 4 members (excludes halogenated alkanes) is 1. The first-order valence-electron chi connectivity index (χ1n) is 4.80. The van der Waals surface area contributed by atoms with Gasteiger partial charge in [-0.25, -0.2) is 0 Å². The summed E-state index contributed by atoms with van der Waals surface area (Å²) >= 11 is 0. The average Bonchev–Trinajstić information content (AvgIpc) is 2.20. The maximum Gasteiger partial charge on any atom is 0.159 e. The Bertz CT molecular complexity index is 211. The molecule has 0 N–H and O–H groups in total. The Morgan fingerprint density at radius 2 is 2.17 bits per heavy atom. The van der Waals surface area contributed by atoms with Crippen LogP contribution in [0.2, 0.25) is 0 Å². The van der Waals surface area contributed by atoms with Crippen LogP contribution in [0.4, 0.5) is 0 Å². The molecule has 0 saturated heterocycles. The van der Waals surface area contributed by atoms with Gasteiger partial charge >= 0.3 is 0 Å². The van der Waals surface area contributed by atoms with Crippen LogP contribution in [0.25, 0.3) is 0 Å². The quantitative estimate of drug-likeness (QED) is 0.629. The number of ketones is 1. The number of carbonyl (C=O) groups excluding carboxylic acids is 1. The number of Topliss-reactive ketones (excluding diaryl/α,β-unsaturated/α-hetero) is 1. The third-order valence-corrected chi connectivity index (χ3v) is 2.34. The van der Waals surface area contributed by atoms with E-state index in [-0.39, 0.29) is 5.41 Å². The summed E-state index contributed by atoms with van der Waals surface area (Å²) < 4.78 is 0. The fraction of sp³-hybridized carbons (Fsp3) is 0.727. The molecule has 0 saturated carbocycles. The SMILES string of the molecule is CCCCC1=CC(C)(C)CC1=O.